The van der Waals surface area contributed by atoms with Crippen LogP contribution in [0.1, 0.15) is 18.1 Å². The summed E-state index contributed by atoms with van der Waals surface area (Å²) in [4.78, 5) is 38.6. The maximum atomic E-state index is 13.0. The van der Waals surface area contributed by atoms with Crippen LogP contribution >= 0.6 is 11.8 Å². The van der Waals surface area contributed by atoms with Gasteiger partial charge in [0.25, 0.3) is 11.1 Å². The van der Waals surface area contributed by atoms with E-state index in [1.54, 1.807) is 25.3 Å². The number of nitrogens with zero attached hydrogens (tertiary/aromatic N) is 1. The molecule has 1 N–H and O–H groups in total. The Hall–Kier alpha value is -3.59. The molecule has 0 aliphatic carbocycles. The molecule has 0 bridgehead atoms. The van der Waals surface area contributed by atoms with E-state index in [9.17, 15) is 18.8 Å². The summed E-state index contributed by atoms with van der Waals surface area (Å²) >= 11 is 0.752. The topological polar surface area (TPSA) is 84.9 Å². The lowest BCUT2D eigenvalue weighted by atomic mass is 10.0. The molecule has 1 saturated heterocycles. The van der Waals surface area contributed by atoms with Crippen LogP contribution in [0.2, 0.25) is 0 Å². The van der Waals surface area contributed by atoms with E-state index in [0.717, 1.165) is 22.2 Å². The summed E-state index contributed by atoms with van der Waals surface area (Å²) in [6.45, 7) is 5.58. The average molecular weight is 471 g/mol. The molecule has 2 aromatic rings. The van der Waals surface area contributed by atoms with Gasteiger partial charge in [0.1, 0.15) is 12.4 Å². The predicted molar refractivity (Wildman–Crippen MR) is 126 cm³/mol. The van der Waals surface area contributed by atoms with Crippen LogP contribution in [-0.2, 0) is 16.0 Å². The minimum absolute atomic E-state index is 0.187. The molecule has 3 amide bonds. The number of hydrogen-bond acceptors (Lipinski definition) is 6. The van der Waals surface area contributed by atoms with Crippen molar-refractivity contribution < 1.29 is 28.2 Å². The van der Waals surface area contributed by atoms with Gasteiger partial charge >= 0.3 is 0 Å². The molecule has 1 heterocycles. The molecule has 0 aromatic heterocycles. The zero-order valence-electron chi connectivity index (χ0n) is 18.2. The van der Waals surface area contributed by atoms with Crippen molar-refractivity contribution in [2.24, 2.45) is 0 Å². The van der Waals surface area contributed by atoms with Gasteiger partial charge in [0.15, 0.2) is 11.5 Å². The molecule has 3 rings (SSSR count). The number of benzene rings is 2. The third-order valence-electron chi connectivity index (χ3n) is 4.62. The number of carbonyl (C=O) groups is 3. The molecule has 7 nitrogen and oxygen atoms in total. The van der Waals surface area contributed by atoms with Crippen molar-refractivity contribution in [3.05, 3.63) is 70.9 Å². The zero-order valence-corrected chi connectivity index (χ0v) is 19.0. The van der Waals surface area contributed by atoms with Gasteiger partial charge in [-0.1, -0.05) is 6.08 Å². The predicted octanol–water partition coefficient (Wildman–Crippen LogP) is 4.64. The number of nitrogens with one attached hydrogen (secondary N) is 1. The summed E-state index contributed by atoms with van der Waals surface area (Å²) in [5, 5.41) is 1.99. The molecule has 0 radical (unpaired) electrons. The first-order valence-electron chi connectivity index (χ1n) is 10.1. The highest BCUT2D eigenvalue weighted by atomic mass is 32.2. The second-order valence-electron chi connectivity index (χ2n) is 6.96. The quantitative estimate of drug-likeness (QED) is 0.425. The Balaban J connectivity index is 1.80. The molecule has 1 aliphatic heterocycles. The summed E-state index contributed by atoms with van der Waals surface area (Å²) < 4.78 is 24.2. The minimum atomic E-state index is -0.571. The minimum Gasteiger partial charge on any atom is -0.493 e. The SMILES string of the molecule is C=CCc1cc(/C=C2/SC(=O)N(CC(=O)Nc3ccc(F)cc3)C2=O)cc(OCC)c1OC. The van der Waals surface area contributed by atoms with Gasteiger partial charge in [-0.25, -0.2) is 4.39 Å². The Morgan fingerprint density at radius 3 is 2.61 bits per heavy atom. The van der Waals surface area contributed by atoms with Crippen molar-refractivity contribution >= 4 is 40.6 Å². The van der Waals surface area contributed by atoms with E-state index < -0.39 is 29.4 Å². The molecule has 33 heavy (non-hydrogen) atoms. The van der Waals surface area contributed by atoms with E-state index in [2.05, 4.69) is 11.9 Å². The van der Waals surface area contributed by atoms with Gasteiger partial charge in [-0.2, -0.15) is 0 Å². The van der Waals surface area contributed by atoms with Gasteiger partial charge in [0.05, 0.1) is 18.6 Å². The maximum absolute atomic E-state index is 13.0. The van der Waals surface area contributed by atoms with E-state index in [0.29, 0.717) is 35.8 Å². The number of carbonyl (C=O) groups excluding carboxylic acids is 3. The lowest BCUT2D eigenvalue weighted by Gasteiger charge is -2.14. The van der Waals surface area contributed by atoms with E-state index in [-0.39, 0.29) is 4.91 Å². The summed E-state index contributed by atoms with van der Waals surface area (Å²) in [6.07, 6.45) is 3.83. The summed E-state index contributed by atoms with van der Waals surface area (Å²) in [6, 6.07) is 8.74. The highest BCUT2D eigenvalue weighted by Gasteiger charge is 2.36. The highest BCUT2D eigenvalue weighted by Crippen LogP contribution is 2.37. The van der Waals surface area contributed by atoms with Crippen LogP contribution in [0.3, 0.4) is 0 Å². The van der Waals surface area contributed by atoms with Gasteiger partial charge in [-0.3, -0.25) is 19.3 Å². The lowest BCUT2D eigenvalue weighted by Crippen LogP contribution is -2.36. The number of anilines is 1. The van der Waals surface area contributed by atoms with E-state index in [1.165, 1.54) is 24.3 Å². The van der Waals surface area contributed by atoms with Crippen LogP contribution in [0, 0.1) is 5.82 Å². The number of imide groups is 1. The van der Waals surface area contributed by atoms with Crippen LogP contribution < -0.4 is 14.8 Å². The van der Waals surface area contributed by atoms with Crippen molar-refractivity contribution in [1.29, 1.82) is 0 Å². The van der Waals surface area contributed by atoms with Crippen molar-refractivity contribution in [1.82, 2.24) is 4.90 Å². The number of methoxy groups -OCH3 is 1. The summed E-state index contributed by atoms with van der Waals surface area (Å²) in [5.74, 6) is -0.478. The van der Waals surface area contributed by atoms with Gasteiger partial charge in [0.2, 0.25) is 5.91 Å². The van der Waals surface area contributed by atoms with Gasteiger partial charge < -0.3 is 14.8 Å². The van der Waals surface area contributed by atoms with E-state index in [4.69, 9.17) is 9.47 Å². The average Bonchev–Trinajstić information content (AvgIpc) is 3.03. The van der Waals surface area contributed by atoms with E-state index >= 15 is 0 Å². The molecule has 1 aliphatic rings. The van der Waals surface area contributed by atoms with Crippen molar-refractivity contribution in [3.8, 4) is 11.5 Å². The molecule has 0 saturated carbocycles. The first-order valence-corrected chi connectivity index (χ1v) is 10.9. The summed E-state index contributed by atoms with van der Waals surface area (Å²) in [7, 11) is 1.55. The van der Waals surface area contributed by atoms with Crippen molar-refractivity contribution in [3.63, 3.8) is 0 Å². The first kappa shape index (κ1) is 24.1. The number of ether oxygens (including phenoxy) is 2. The van der Waals surface area contributed by atoms with Crippen molar-refractivity contribution in [2.75, 3.05) is 25.6 Å². The summed E-state index contributed by atoms with van der Waals surface area (Å²) in [5.41, 5.74) is 1.83. The van der Waals surface area contributed by atoms with Crippen LogP contribution in [0.15, 0.2) is 54.0 Å². The van der Waals surface area contributed by atoms with Gasteiger partial charge in [-0.05, 0) is 73.1 Å². The standard InChI is InChI=1S/C24H23FN2O5S/c1-4-6-16-11-15(12-19(32-5-2)22(16)31-3)13-20-23(29)27(24(30)33-20)14-21(28)26-18-9-7-17(25)8-10-18/h4,7-13H,1,5-6,14H2,2-3H3,(H,26,28)/b20-13+. The Morgan fingerprint density at radius 1 is 1.24 bits per heavy atom. The molecule has 0 unspecified atom stereocenters. The highest BCUT2D eigenvalue weighted by molar-refractivity contribution is 8.18. The van der Waals surface area contributed by atoms with Crippen LogP contribution in [0.4, 0.5) is 14.9 Å². The number of allylic oxidation sites excluding steroid dienone is 1. The normalized spacial score (nSPS) is 14.5. The molecule has 0 spiro atoms. The van der Waals surface area contributed by atoms with Crippen LogP contribution in [-0.4, -0.2) is 42.2 Å². The van der Waals surface area contributed by atoms with Crippen LogP contribution in [0.5, 0.6) is 11.5 Å². The fourth-order valence-electron chi connectivity index (χ4n) is 3.23. The molecule has 2 aromatic carbocycles. The fourth-order valence-corrected chi connectivity index (χ4v) is 4.07. The second kappa shape index (κ2) is 10.8. The zero-order chi connectivity index (χ0) is 24.0. The molecule has 9 heteroatoms. The fraction of sp³-hybridized carbons (Fsp3) is 0.208. The number of rotatable bonds is 9. The smallest absolute Gasteiger partial charge is 0.294 e. The molecule has 1 fully saturated rings. The Labute approximate surface area is 195 Å². The van der Waals surface area contributed by atoms with E-state index in [1.807, 2.05) is 13.0 Å². The first-order chi connectivity index (χ1) is 15.9. The third-order valence-corrected chi connectivity index (χ3v) is 5.53. The largest absolute Gasteiger partial charge is 0.493 e. The maximum Gasteiger partial charge on any atom is 0.294 e. The molecular weight excluding hydrogens is 447 g/mol. The van der Waals surface area contributed by atoms with Gasteiger partial charge in [-0.15, -0.1) is 6.58 Å². The lowest BCUT2D eigenvalue weighted by molar-refractivity contribution is -0.127. The number of thioether (sulfide) groups is 1. The third kappa shape index (κ3) is 5.81. The Morgan fingerprint density at radius 2 is 1.97 bits per heavy atom. The molecule has 0 atom stereocenters. The molecular formula is C24H23FN2O5S. The van der Waals surface area contributed by atoms with Crippen molar-refractivity contribution in [2.45, 2.75) is 13.3 Å². The Kier molecular flexibility index (Phi) is 7.89. The number of halogens is 1. The second-order valence-corrected chi connectivity index (χ2v) is 7.95. The molecule has 172 valence electrons. The number of amides is 3. The number of hydrogen-bond donors (Lipinski definition) is 1. The van der Waals surface area contributed by atoms with Gasteiger partial charge in [0, 0.05) is 11.3 Å². The monoisotopic (exact) mass is 470 g/mol. The van der Waals surface area contributed by atoms with Crippen LogP contribution in [0.25, 0.3) is 6.08 Å². The Bertz CT molecular complexity index is 1110.